The Morgan fingerprint density at radius 3 is 3.07 bits per heavy atom. The number of ether oxygens (including phenoxy) is 1. The van der Waals surface area contributed by atoms with Crippen molar-refractivity contribution in [1.82, 2.24) is 4.98 Å². The zero-order chi connectivity index (χ0) is 9.97. The van der Waals surface area contributed by atoms with Gasteiger partial charge in [0.15, 0.2) is 0 Å². The maximum absolute atomic E-state index is 10.6. The Morgan fingerprint density at radius 2 is 2.50 bits per heavy atom. The van der Waals surface area contributed by atoms with Crippen LogP contribution in [-0.2, 0) is 4.74 Å². The molecule has 2 rings (SSSR count). The fraction of sp³-hybridized carbons (Fsp3) is 0.333. The van der Waals surface area contributed by atoms with Gasteiger partial charge in [0.1, 0.15) is 0 Å². The zero-order valence-corrected chi connectivity index (χ0v) is 8.21. The summed E-state index contributed by atoms with van der Waals surface area (Å²) in [5, 5.41) is 10.6. The smallest absolute Gasteiger partial charge is 0.365 e. The summed E-state index contributed by atoms with van der Waals surface area (Å²) < 4.78 is 5.16. The van der Waals surface area contributed by atoms with E-state index in [0.717, 1.165) is 29.0 Å². The number of hydrogen-bond donors (Lipinski definition) is 1. The third-order valence-corrected chi connectivity index (χ3v) is 2.81. The van der Waals surface area contributed by atoms with Crippen molar-refractivity contribution >= 4 is 22.9 Å². The first-order valence-electron chi connectivity index (χ1n) is 4.23. The minimum absolute atomic E-state index is 0.146. The van der Waals surface area contributed by atoms with Gasteiger partial charge in [-0.15, -0.1) is 11.3 Å². The van der Waals surface area contributed by atoms with Crippen LogP contribution < -0.4 is 0 Å². The predicted octanol–water partition coefficient (Wildman–Crippen LogP) is 1.65. The van der Waals surface area contributed by atoms with Crippen LogP contribution in [0.25, 0.3) is 5.57 Å². The highest BCUT2D eigenvalue weighted by molar-refractivity contribution is 7.11. The molecule has 0 saturated heterocycles. The number of nitrogens with zero attached hydrogens (tertiary/aromatic N) is 1. The molecule has 2 heterocycles. The van der Waals surface area contributed by atoms with Crippen LogP contribution in [0.1, 0.15) is 21.9 Å². The Morgan fingerprint density at radius 1 is 1.64 bits per heavy atom. The first-order valence-corrected chi connectivity index (χ1v) is 5.11. The third kappa shape index (κ3) is 1.83. The summed E-state index contributed by atoms with van der Waals surface area (Å²) in [6, 6.07) is 0. The maximum Gasteiger partial charge on any atom is 0.365 e. The van der Waals surface area contributed by atoms with E-state index in [1.54, 1.807) is 5.38 Å². The summed E-state index contributed by atoms with van der Waals surface area (Å²) in [7, 11) is 0. The van der Waals surface area contributed by atoms with Gasteiger partial charge in [0.2, 0.25) is 5.01 Å². The van der Waals surface area contributed by atoms with Crippen molar-refractivity contribution in [2.75, 3.05) is 13.2 Å². The van der Waals surface area contributed by atoms with Crippen LogP contribution in [0.5, 0.6) is 0 Å². The highest BCUT2D eigenvalue weighted by Crippen LogP contribution is 2.22. The Kier molecular flexibility index (Phi) is 2.60. The minimum atomic E-state index is -0.964. The number of thiazole rings is 1. The van der Waals surface area contributed by atoms with Crippen LogP contribution in [0.4, 0.5) is 0 Å². The lowest BCUT2D eigenvalue weighted by Crippen LogP contribution is -2.04. The van der Waals surface area contributed by atoms with Crippen LogP contribution in [0, 0.1) is 0 Å². The van der Waals surface area contributed by atoms with E-state index in [2.05, 4.69) is 4.98 Å². The monoisotopic (exact) mass is 211 g/mol. The number of carboxylic acids is 1. The maximum atomic E-state index is 10.6. The van der Waals surface area contributed by atoms with E-state index in [-0.39, 0.29) is 5.01 Å². The lowest BCUT2D eigenvalue weighted by atomic mass is 10.1. The van der Waals surface area contributed by atoms with E-state index >= 15 is 0 Å². The van der Waals surface area contributed by atoms with Gasteiger partial charge < -0.3 is 9.84 Å². The zero-order valence-electron chi connectivity index (χ0n) is 7.40. The lowest BCUT2D eigenvalue weighted by Gasteiger charge is -2.10. The van der Waals surface area contributed by atoms with E-state index in [9.17, 15) is 4.79 Å². The summed E-state index contributed by atoms with van der Waals surface area (Å²) in [4.78, 5) is 14.6. The number of carbonyl (C=O) groups is 1. The molecule has 1 aliphatic heterocycles. The van der Waals surface area contributed by atoms with E-state index in [0.29, 0.717) is 13.2 Å². The molecule has 0 saturated carbocycles. The van der Waals surface area contributed by atoms with Gasteiger partial charge in [-0.3, -0.25) is 0 Å². The number of rotatable bonds is 2. The average molecular weight is 211 g/mol. The second-order valence-electron chi connectivity index (χ2n) is 2.90. The molecule has 1 aromatic rings. The summed E-state index contributed by atoms with van der Waals surface area (Å²) in [5.74, 6) is -0.964. The Hall–Kier alpha value is -1.20. The quantitative estimate of drug-likeness (QED) is 0.808. The largest absolute Gasteiger partial charge is 0.476 e. The van der Waals surface area contributed by atoms with E-state index in [1.807, 2.05) is 6.08 Å². The number of hydrogen-bond acceptors (Lipinski definition) is 4. The van der Waals surface area contributed by atoms with Crippen LogP contribution in [0.15, 0.2) is 11.5 Å². The van der Waals surface area contributed by atoms with E-state index in [4.69, 9.17) is 9.84 Å². The summed E-state index contributed by atoms with van der Waals surface area (Å²) in [6.45, 7) is 1.28. The molecule has 0 unspecified atom stereocenters. The molecule has 14 heavy (non-hydrogen) atoms. The predicted molar refractivity (Wildman–Crippen MR) is 52.5 cm³/mol. The standard InChI is InChI=1S/C9H9NO3S/c11-9(12)8-10-7(5-14-8)6-1-3-13-4-2-6/h1,5H,2-4H2,(H,11,12). The van der Waals surface area contributed by atoms with Crippen molar-refractivity contribution < 1.29 is 14.6 Å². The second kappa shape index (κ2) is 3.89. The molecule has 1 N–H and O–H groups in total. The molecule has 0 radical (unpaired) electrons. The van der Waals surface area contributed by atoms with Gasteiger partial charge >= 0.3 is 5.97 Å². The van der Waals surface area contributed by atoms with Gasteiger partial charge in [-0.25, -0.2) is 9.78 Å². The first-order chi connectivity index (χ1) is 6.77. The SMILES string of the molecule is O=C(O)c1nc(C2=CCOCC2)cs1. The molecule has 0 fully saturated rings. The van der Waals surface area contributed by atoms with Crippen LogP contribution in [0.3, 0.4) is 0 Å². The van der Waals surface area contributed by atoms with Gasteiger partial charge in [0.05, 0.1) is 18.9 Å². The topological polar surface area (TPSA) is 59.4 Å². The molecule has 0 aromatic carbocycles. The van der Waals surface area contributed by atoms with Gasteiger partial charge in [0.25, 0.3) is 0 Å². The third-order valence-electron chi connectivity index (χ3n) is 1.98. The van der Waals surface area contributed by atoms with Crippen molar-refractivity contribution in [3.05, 3.63) is 22.2 Å². The fourth-order valence-corrected chi connectivity index (χ4v) is 1.96. The molecule has 1 aromatic heterocycles. The van der Waals surface area contributed by atoms with Crippen molar-refractivity contribution in [3.63, 3.8) is 0 Å². The van der Waals surface area contributed by atoms with Crippen LogP contribution in [-0.4, -0.2) is 29.3 Å². The lowest BCUT2D eigenvalue weighted by molar-refractivity contribution is 0.0696. The number of aromatic nitrogens is 1. The average Bonchev–Trinajstić information content (AvgIpc) is 2.68. The molecule has 0 aliphatic carbocycles. The van der Waals surface area contributed by atoms with Gasteiger partial charge in [0, 0.05) is 5.38 Å². The summed E-state index contributed by atoms with van der Waals surface area (Å²) in [5.41, 5.74) is 1.86. The normalized spacial score (nSPS) is 16.4. The van der Waals surface area contributed by atoms with Crippen molar-refractivity contribution in [2.24, 2.45) is 0 Å². The Labute approximate surface area is 84.9 Å². The fourth-order valence-electron chi connectivity index (χ4n) is 1.28. The molecule has 74 valence electrons. The van der Waals surface area contributed by atoms with Gasteiger partial charge in [-0.2, -0.15) is 0 Å². The van der Waals surface area contributed by atoms with Crippen molar-refractivity contribution in [1.29, 1.82) is 0 Å². The first kappa shape index (κ1) is 9.36. The van der Waals surface area contributed by atoms with Gasteiger partial charge in [-0.1, -0.05) is 6.08 Å². The second-order valence-corrected chi connectivity index (χ2v) is 3.76. The van der Waals surface area contributed by atoms with Crippen LogP contribution in [0.2, 0.25) is 0 Å². The summed E-state index contributed by atoms with van der Waals surface area (Å²) in [6.07, 6.45) is 2.76. The minimum Gasteiger partial charge on any atom is -0.476 e. The van der Waals surface area contributed by atoms with E-state index in [1.165, 1.54) is 0 Å². The van der Waals surface area contributed by atoms with Crippen molar-refractivity contribution in [2.45, 2.75) is 6.42 Å². The Balaban J connectivity index is 2.23. The summed E-state index contributed by atoms with van der Waals surface area (Å²) >= 11 is 1.16. The Bertz CT molecular complexity index is 383. The molecule has 0 bridgehead atoms. The van der Waals surface area contributed by atoms with Crippen molar-refractivity contribution in [3.8, 4) is 0 Å². The van der Waals surface area contributed by atoms with Gasteiger partial charge in [-0.05, 0) is 12.0 Å². The molecule has 0 amide bonds. The molecule has 5 heteroatoms. The number of carboxylic acid groups (broad SMARTS) is 1. The molecule has 0 atom stereocenters. The highest BCUT2D eigenvalue weighted by atomic mass is 32.1. The molecule has 1 aliphatic rings. The van der Waals surface area contributed by atoms with E-state index < -0.39 is 5.97 Å². The number of aromatic carboxylic acids is 1. The molecular formula is C9H9NO3S. The molecular weight excluding hydrogens is 202 g/mol. The van der Waals surface area contributed by atoms with Crippen LogP contribution >= 0.6 is 11.3 Å². The highest BCUT2D eigenvalue weighted by Gasteiger charge is 2.13. The molecule has 4 nitrogen and oxygen atoms in total. The molecule has 0 spiro atoms.